The van der Waals surface area contributed by atoms with Gasteiger partial charge >= 0.3 is 0 Å². The molecule has 0 bridgehead atoms. The quantitative estimate of drug-likeness (QED) is 0.791. The van der Waals surface area contributed by atoms with E-state index in [0.29, 0.717) is 5.52 Å². The van der Waals surface area contributed by atoms with Gasteiger partial charge in [-0.15, -0.1) is 11.3 Å². The zero-order valence-electron chi connectivity index (χ0n) is 11.0. The minimum absolute atomic E-state index is 0.247. The molecule has 1 atom stereocenters. The molecule has 0 aliphatic heterocycles. The number of nitrogens with zero attached hydrogens (tertiary/aromatic N) is 2. The lowest BCUT2D eigenvalue weighted by Crippen LogP contribution is -2.18. The van der Waals surface area contributed by atoms with Crippen LogP contribution in [0.2, 0.25) is 0 Å². The molecule has 102 valence electrons. The van der Waals surface area contributed by atoms with E-state index in [-0.39, 0.29) is 11.9 Å². The number of thiophene rings is 1. The molecule has 1 aromatic carbocycles. The third-order valence-corrected chi connectivity index (χ3v) is 3.97. The van der Waals surface area contributed by atoms with Gasteiger partial charge in [0.15, 0.2) is 0 Å². The number of aromatic nitrogens is 2. The van der Waals surface area contributed by atoms with Crippen LogP contribution in [0.25, 0.3) is 10.9 Å². The van der Waals surface area contributed by atoms with Gasteiger partial charge in [-0.2, -0.15) is 0 Å². The average molecular weight is 287 g/mol. The van der Waals surface area contributed by atoms with Crippen LogP contribution >= 0.6 is 11.3 Å². The standard InChI is InChI=1S/C15H14FN3S/c1-10(7-12-3-2-6-20-12)19-15-13-5-4-11(16)8-14(13)17-9-18-15/h2-6,8-10H,7H2,1H3,(H,17,18,19)/t10-/m1/s1. The van der Waals surface area contributed by atoms with E-state index in [1.807, 2.05) is 0 Å². The first kappa shape index (κ1) is 13.0. The van der Waals surface area contributed by atoms with E-state index in [9.17, 15) is 4.39 Å². The maximum absolute atomic E-state index is 13.2. The Morgan fingerprint density at radius 2 is 2.20 bits per heavy atom. The zero-order chi connectivity index (χ0) is 13.9. The van der Waals surface area contributed by atoms with Gasteiger partial charge in [0.25, 0.3) is 0 Å². The highest BCUT2D eigenvalue weighted by Gasteiger charge is 2.09. The van der Waals surface area contributed by atoms with E-state index >= 15 is 0 Å². The number of fused-ring (bicyclic) bond motifs is 1. The summed E-state index contributed by atoms with van der Waals surface area (Å²) in [4.78, 5) is 9.69. The molecule has 0 radical (unpaired) electrons. The smallest absolute Gasteiger partial charge is 0.137 e. The fourth-order valence-corrected chi connectivity index (χ4v) is 3.00. The van der Waals surface area contributed by atoms with Crippen molar-refractivity contribution in [1.29, 1.82) is 0 Å². The summed E-state index contributed by atoms with van der Waals surface area (Å²) in [5.74, 6) is 0.466. The van der Waals surface area contributed by atoms with Crippen LogP contribution in [0.4, 0.5) is 10.2 Å². The molecule has 0 spiro atoms. The van der Waals surface area contributed by atoms with Gasteiger partial charge in [0.05, 0.1) is 5.52 Å². The van der Waals surface area contributed by atoms with Crippen molar-refractivity contribution in [2.45, 2.75) is 19.4 Å². The summed E-state index contributed by atoms with van der Waals surface area (Å²) in [5, 5.41) is 6.29. The lowest BCUT2D eigenvalue weighted by molar-refractivity contribution is 0.629. The van der Waals surface area contributed by atoms with Crippen LogP contribution in [0.15, 0.2) is 42.0 Å². The van der Waals surface area contributed by atoms with Crippen LogP contribution in [0.1, 0.15) is 11.8 Å². The lowest BCUT2D eigenvalue weighted by atomic mass is 10.2. The van der Waals surface area contributed by atoms with Gasteiger partial charge in [-0.3, -0.25) is 0 Å². The molecule has 0 fully saturated rings. The molecule has 1 N–H and O–H groups in total. The van der Waals surface area contributed by atoms with E-state index in [1.165, 1.54) is 23.3 Å². The van der Waals surface area contributed by atoms with Crippen LogP contribution in [0.5, 0.6) is 0 Å². The summed E-state index contributed by atoms with van der Waals surface area (Å²) in [5.41, 5.74) is 0.617. The molecule has 3 nitrogen and oxygen atoms in total. The van der Waals surface area contributed by atoms with Gasteiger partial charge in [0.2, 0.25) is 0 Å². The van der Waals surface area contributed by atoms with Crippen molar-refractivity contribution in [1.82, 2.24) is 9.97 Å². The van der Waals surface area contributed by atoms with Crippen molar-refractivity contribution < 1.29 is 4.39 Å². The van der Waals surface area contributed by atoms with Crippen LogP contribution in [0.3, 0.4) is 0 Å². The molecule has 0 amide bonds. The van der Waals surface area contributed by atoms with E-state index in [2.05, 4.69) is 39.7 Å². The van der Waals surface area contributed by atoms with E-state index < -0.39 is 0 Å². The molecule has 3 rings (SSSR count). The highest BCUT2D eigenvalue weighted by atomic mass is 32.1. The number of halogens is 1. The molecular formula is C15H14FN3S. The molecule has 2 heterocycles. The van der Waals surface area contributed by atoms with Crippen molar-refractivity contribution in [2.75, 3.05) is 5.32 Å². The third kappa shape index (κ3) is 2.77. The molecule has 5 heteroatoms. The maximum Gasteiger partial charge on any atom is 0.137 e. The molecule has 0 unspecified atom stereocenters. The van der Waals surface area contributed by atoms with Gasteiger partial charge in [0.1, 0.15) is 18.0 Å². The highest BCUT2D eigenvalue weighted by molar-refractivity contribution is 7.09. The Labute approximate surface area is 120 Å². The van der Waals surface area contributed by atoms with Gasteiger partial charge in [-0.25, -0.2) is 14.4 Å². The van der Waals surface area contributed by atoms with Gasteiger partial charge in [-0.05, 0) is 30.5 Å². The summed E-state index contributed by atoms with van der Waals surface area (Å²) in [6, 6.07) is 8.99. The van der Waals surface area contributed by atoms with Crippen LogP contribution in [-0.4, -0.2) is 16.0 Å². The number of rotatable bonds is 4. The fourth-order valence-electron chi connectivity index (χ4n) is 2.16. The molecule has 0 saturated carbocycles. The predicted molar refractivity (Wildman–Crippen MR) is 80.6 cm³/mol. The van der Waals surface area contributed by atoms with Crippen LogP contribution in [0, 0.1) is 5.82 Å². The zero-order valence-corrected chi connectivity index (χ0v) is 11.8. The molecule has 0 aliphatic rings. The Kier molecular flexibility index (Phi) is 3.60. The van der Waals surface area contributed by atoms with Crippen molar-refractivity contribution in [3.8, 4) is 0 Å². The van der Waals surface area contributed by atoms with E-state index in [0.717, 1.165) is 17.6 Å². The van der Waals surface area contributed by atoms with Gasteiger partial charge in [-0.1, -0.05) is 6.07 Å². The summed E-state index contributed by atoms with van der Waals surface area (Å²) in [7, 11) is 0. The number of nitrogens with one attached hydrogen (secondary N) is 1. The molecule has 0 saturated heterocycles. The van der Waals surface area contributed by atoms with E-state index in [4.69, 9.17) is 0 Å². The summed E-state index contributed by atoms with van der Waals surface area (Å²) < 4.78 is 13.2. The highest BCUT2D eigenvalue weighted by Crippen LogP contribution is 2.21. The Hall–Kier alpha value is -2.01. The lowest BCUT2D eigenvalue weighted by Gasteiger charge is -2.15. The number of anilines is 1. The summed E-state index contributed by atoms with van der Waals surface area (Å²) in [6.07, 6.45) is 2.40. The molecule has 3 aromatic rings. The third-order valence-electron chi connectivity index (χ3n) is 3.07. The van der Waals surface area contributed by atoms with Crippen LogP contribution < -0.4 is 5.32 Å². The Morgan fingerprint density at radius 1 is 1.30 bits per heavy atom. The van der Waals surface area contributed by atoms with Crippen molar-refractivity contribution in [3.63, 3.8) is 0 Å². The normalized spacial score (nSPS) is 12.5. The minimum atomic E-state index is -0.284. The first-order valence-corrected chi connectivity index (χ1v) is 7.29. The summed E-state index contributed by atoms with van der Waals surface area (Å²) in [6.45, 7) is 2.11. The average Bonchev–Trinajstić information content (AvgIpc) is 2.91. The SMILES string of the molecule is C[C@H](Cc1cccs1)Nc1ncnc2cc(F)ccc12. The molecule has 0 aliphatic carbocycles. The number of benzene rings is 1. The first-order valence-electron chi connectivity index (χ1n) is 6.41. The monoisotopic (exact) mass is 287 g/mol. The second kappa shape index (κ2) is 5.54. The number of hydrogen-bond acceptors (Lipinski definition) is 4. The van der Waals surface area contributed by atoms with Gasteiger partial charge < -0.3 is 5.32 Å². The molecule has 2 aromatic heterocycles. The van der Waals surface area contributed by atoms with E-state index in [1.54, 1.807) is 17.4 Å². The van der Waals surface area contributed by atoms with Crippen LogP contribution in [-0.2, 0) is 6.42 Å². The summed E-state index contributed by atoms with van der Waals surface area (Å²) >= 11 is 1.75. The van der Waals surface area contributed by atoms with Crippen molar-refractivity contribution in [2.24, 2.45) is 0 Å². The fraction of sp³-hybridized carbons (Fsp3) is 0.200. The Morgan fingerprint density at radius 3 is 3.00 bits per heavy atom. The predicted octanol–water partition coefficient (Wildman–Crippen LogP) is 3.87. The molecular weight excluding hydrogens is 273 g/mol. The maximum atomic E-state index is 13.2. The van der Waals surface area contributed by atoms with Crippen molar-refractivity contribution in [3.05, 3.63) is 52.7 Å². The Bertz CT molecular complexity index is 712. The minimum Gasteiger partial charge on any atom is -0.367 e. The molecule has 20 heavy (non-hydrogen) atoms. The second-order valence-electron chi connectivity index (χ2n) is 4.71. The largest absolute Gasteiger partial charge is 0.367 e. The number of hydrogen-bond donors (Lipinski definition) is 1. The van der Waals surface area contributed by atoms with Crippen molar-refractivity contribution >= 4 is 28.1 Å². The van der Waals surface area contributed by atoms with Gasteiger partial charge in [0, 0.05) is 28.8 Å². The second-order valence-corrected chi connectivity index (χ2v) is 5.74. The Balaban J connectivity index is 1.83. The topological polar surface area (TPSA) is 37.8 Å². The first-order chi connectivity index (χ1) is 9.72.